The molecule has 0 aliphatic heterocycles. The van der Waals surface area contributed by atoms with E-state index in [-0.39, 0.29) is 0 Å². The molecule has 0 bridgehead atoms. The minimum absolute atomic E-state index is 0.368. The van der Waals surface area contributed by atoms with E-state index in [1.165, 1.54) is 148 Å². The van der Waals surface area contributed by atoms with Crippen molar-refractivity contribution in [2.24, 2.45) is 0 Å². The van der Waals surface area contributed by atoms with E-state index in [1.807, 2.05) is 16.8 Å². The van der Waals surface area contributed by atoms with E-state index in [0.717, 1.165) is 13.0 Å². The quantitative estimate of drug-likeness (QED) is 0.0847. The van der Waals surface area contributed by atoms with Gasteiger partial charge in [-0.1, -0.05) is 91.4 Å². The van der Waals surface area contributed by atoms with E-state index in [2.05, 4.69) is 30.6 Å². The Morgan fingerprint density at radius 1 is 0.615 bits per heavy atom. The lowest BCUT2D eigenvalue weighted by Gasteiger charge is -2.26. The van der Waals surface area contributed by atoms with Crippen LogP contribution in [0.15, 0.2) is 24.5 Å². The van der Waals surface area contributed by atoms with Crippen molar-refractivity contribution in [3.63, 3.8) is 0 Å². The summed E-state index contributed by atoms with van der Waals surface area (Å²) >= 11 is 0. The van der Waals surface area contributed by atoms with Crippen LogP contribution in [0.2, 0.25) is 0 Å². The summed E-state index contributed by atoms with van der Waals surface area (Å²) in [6.45, 7) is 15.3. The number of aryl methyl sites for hydroxylation is 1. The van der Waals surface area contributed by atoms with Crippen LogP contribution in [0.25, 0.3) is 0 Å². The zero-order valence-electron chi connectivity index (χ0n) is 26.2. The zero-order chi connectivity index (χ0) is 28.4. The summed E-state index contributed by atoms with van der Waals surface area (Å²) in [6.07, 6.45) is 27.6. The maximum Gasteiger partial charge on any atom is 0.341 e. The molecule has 226 valence electrons. The number of carboxylic acids is 1. The molecule has 0 aromatic carbocycles. The van der Waals surface area contributed by atoms with Gasteiger partial charge in [0.15, 0.2) is 12.4 Å². The number of aromatic nitrogens is 1. The van der Waals surface area contributed by atoms with Crippen molar-refractivity contribution in [1.29, 1.82) is 0 Å². The van der Waals surface area contributed by atoms with Crippen LogP contribution in [0.5, 0.6) is 0 Å². The fraction of sp³-hybridized carbons (Fsp3) is 0.824. The maximum absolute atomic E-state index is 11.2. The van der Waals surface area contributed by atoms with Crippen LogP contribution >= 0.6 is 0 Å². The molecule has 5 nitrogen and oxygen atoms in total. The van der Waals surface area contributed by atoms with Crippen molar-refractivity contribution < 1.29 is 14.5 Å². The molecule has 0 saturated carbocycles. The van der Waals surface area contributed by atoms with Crippen molar-refractivity contribution >= 4 is 5.97 Å². The van der Waals surface area contributed by atoms with Gasteiger partial charge in [-0.25, -0.2) is 9.36 Å². The molecule has 1 N–H and O–H groups in total. The first kappa shape index (κ1) is 35.6. The molecule has 1 aromatic heterocycles. The summed E-state index contributed by atoms with van der Waals surface area (Å²) in [5.74, 6) is -0.852. The minimum atomic E-state index is -0.852. The Hall–Kier alpha value is -1.46. The predicted molar refractivity (Wildman–Crippen MR) is 167 cm³/mol. The summed E-state index contributed by atoms with van der Waals surface area (Å²) in [7, 11) is 0. The number of carbonyl (C=O) groups is 1. The van der Waals surface area contributed by atoms with Gasteiger partial charge in [0.25, 0.3) is 0 Å². The lowest BCUT2D eigenvalue weighted by molar-refractivity contribution is -0.697. The maximum atomic E-state index is 11.2. The summed E-state index contributed by atoms with van der Waals surface area (Å²) in [5, 5.41) is 9.20. The lowest BCUT2D eigenvalue weighted by Crippen LogP contribution is -2.34. The fourth-order valence-corrected chi connectivity index (χ4v) is 5.40. The van der Waals surface area contributed by atoms with Gasteiger partial charge in [0.1, 0.15) is 12.1 Å². The van der Waals surface area contributed by atoms with Gasteiger partial charge in [-0.2, -0.15) is 0 Å². The molecule has 1 aromatic rings. The average Bonchev–Trinajstić information content (AvgIpc) is 2.94. The largest absolute Gasteiger partial charge is 0.477 e. The van der Waals surface area contributed by atoms with Crippen LogP contribution in [0.3, 0.4) is 0 Å². The molecular formula is C34H64N3O2+. The highest BCUT2D eigenvalue weighted by Crippen LogP contribution is 2.11. The van der Waals surface area contributed by atoms with Gasteiger partial charge in [0, 0.05) is 12.5 Å². The van der Waals surface area contributed by atoms with Crippen LogP contribution in [0.1, 0.15) is 147 Å². The highest BCUT2D eigenvalue weighted by molar-refractivity contribution is 5.86. The molecular weight excluding hydrogens is 482 g/mol. The Balaban J connectivity index is 2.38. The molecule has 0 saturated heterocycles. The molecule has 1 rings (SSSR count). The fourth-order valence-electron chi connectivity index (χ4n) is 5.40. The third-order valence-corrected chi connectivity index (χ3v) is 7.93. The van der Waals surface area contributed by atoms with Crippen LogP contribution in [-0.2, 0) is 6.54 Å². The van der Waals surface area contributed by atoms with Gasteiger partial charge in [0.05, 0.1) is 0 Å². The number of carboxylic acid groups (broad SMARTS) is 1. The van der Waals surface area contributed by atoms with E-state index < -0.39 is 5.97 Å². The molecule has 0 unspecified atom stereocenters. The van der Waals surface area contributed by atoms with Crippen LogP contribution in [0, 0.1) is 0 Å². The number of hydrogen-bond acceptors (Lipinski definition) is 3. The van der Waals surface area contributed by atoms with E-state index in [1.54, 1.807) is 12.3 Å². The van der Waals surface area contributed by atoms with E-state index >= 15 is 0 Å². The van der Waals surface area contributed by atoms with Gasteiger partial charge >= 0.3 is 5.97 Å². The van der Waals surface area contributed by atoms with E-state index in [9.17, 15) is 9.90 Å². The third-order valence-electron chi connectivity index (χ3n) is 7.93. The molecule has 1 heterocycles. The monoisotopic (exact) mass is 546 g/mol. The first-order valence-electron chi connectivity index (χ1n) is 16.8. The lowest BCUT2D eigenvalue weighted by atomic mass is 10.1. The average molecular weight is 547 g/mol. The number of aromatic carboxylic acids is 1. The van der Waals surface area contributed by atoms with Crippen molar-refractivity contribution in [3.05, 3.63) is 30.1 Å². The van der Waals surface area contributed by atoms with Crippen LogP contribution in [0.4, 0.5) is 0 Å². The first-order valence-corrected chi connectivity index (χ1v) is 16.8. The molecule has 0 aliphatic carbocycles. The normalized spacial score (nSPS) is 11.6. The van der Waals surface area contributed by atoms with Crippen LogP contribution in [-0.4, -0.2) is 60.1 Å². The van der Waals surface area contributed by atoms with Crippen molar-refractivity contribution in [2.45, 2.75) is 143 Å². The van der Waals surface area contributed by atoms with Crippen LogP contribution < -0.4 is 4.57 Å². The second-order valence-electron chi connectivity index (χ2n) is 11.6. The number of hydrogen-bond donors (Lipinski definition) is 1. The van der Waals surface area contributed by atoms with Crippen molar-refractivity contribution in [1.82, 2.24) is 9.80 Å². The smallest absolute Gasteiger partial charge is 0.341 e. The summed E-state index contributed by atoms with van der Waals surface area (Å²) in [5.41, 5.74) is 0.368. The van der Waals surface area contributed by atoms with Gasteiger partial charge in [-0.05, 0) is 83.9 Å². The van der Waals surface area contributed by atoms with Gasteiger partial charge in [-0.15, -0.1) is 0 Å². The number of nitrogens with zero attached hydrogens (tertiary/aromatic N) is 3. The predicted octanol–water partition coefficient (Wildman–Crippen LogP) is 8.36. The molecule has 0 aliphatic rings. The van der Waals surface area contributed by atoms with Gasteiger partial charge in [0.2, 0.25) is 0 Å². The summed E-state index contributed by atoms with van der Waals surface area (Å²) in [4.78, 5) is 16.7. The Bertz CT molecular complexity index is 697. The number of rotatable bonds is 28. The SMILES string of the molecule is CCCCCCCCCCN(CCCCCC[n+]1cccc(C(=O)O)c1)CCCN(CCCC)CCCCC. The van der Waals surface area contributed by atoms with E-state index in [4.69, 9.17) is 0 Å². The minimum Gasteiger partial charge on any atom is -0.477 e. The van der Waals surface area contributed by atoms with Crippen molar-refractivity contribution in [2.75, 3.05) is 39.3 Å². The van der Waals surface area contributed by atoms with E-state index in [0.29, 0.717) is 5.56 Å². The third kappa shape index (κ3) is 20.1. The molecule has 39 heavy (non-hydrogen) atoms. The summed E-state index contributed by atoms with van der Waals surface area (Å²) in [6, 6.07) is 3.49. The Labute approximate surface area is 242 Å². The highest BCUT2D eigenvalue weighted by atomic mass is 16.4. The molecule has 0 radical (unpaired) electrons. The second kappa shape index (κ2) is 25.5. The second-order valence-corrected chi connectivity index (χ2v) is 11.6. The van der Waals surface area contributed by atoms with Gasteiger partial charge in [-0.3, -0.25) is 0 Å². The number of unbranched alkanes of at least 4 members (excludes halogenated alkanes) is 13. The van der Waals surface area contributed by atoms with Crippen molar-refractivity contribution in [3.8, 4) is 0 Å². The number of pyridine rings is 1. The zero-order valence-corrected chi connectivity index (χ0v) is 26.2. The Kier molecular flexibility index (Phi) is 23.3. The standard InChI is InChI=1S/C34H63N3O2/c1-4-7-10-11-12-13-14-18-26-36(31-22-30-35(24-9-6-3)25-17-8-5-2)27-19-15-16-20-28-37-29-21-23-33(32-37)34(38)39/h21,23,29,32H,4-20,22,24-28,30-31H2,1-3H3/p+1. The summed E-state index contributed by atoms with van der Waals surface area (Å²) < 4.78 is 2.02. The molecule has 5 heteroatoms. The Morgan fingerprint density at radius 3 is 1.62 bits per heavy atom. The molecule has 0 spiro atoms. The molecule has 0 fully saturated rings. The molecule has 0 atom stereocenters. The molecule has 0 amide bonds. The van der Waals surface area contributed by atoms with Gasteiger partial charge < -0.3 is 14.9 Å². The topological polar surface area (TPSA) is 47.7 Å². The highest BCUT2D eigenvalue weighted by Gasteiger charge is 2.10. The first-order chi connectivity index (χ1) is 19.1. The Morgan fingerprint density at radius 2 is 1.05 bits per heavy atom.